The summed E-state index contributed by atoms with van der Waals surface area (Å²) in [6.07, 6.45) is 4.76. The van der Waals surface area contributed by atoms with Gasteiger partial charge in [-0.05, 0) is 55.3 Å². The number of aromatic nitrogens is 1. The topological polar surface area (TPSA) is 57.4 Å². The smallest absolute Gasteiger partial charge is 0.224 e. The molecule has 0 saturated carbocycles. The molecule has 2 heterocycles. The number of amides is 1. The van der Waals surface area contributed by atoms with Gasteiger partial charge in [0.05, 0.1) is 19.6 Å². The van der Waals surface area contributed by atoms with E-state index < -0.39 is 0 Å². The fourth-order valence-electron chi connectivity index (χ4n) is 4.06. The van der Waals surface area contributed by atoms with Crippen molar-refractivity contribution in [3.63, 3.8) is 0 Å². The number of fused-ring (bicyclic) bond motifs is 1. The zero-order valence-electron chi connectivity index (χ0n) is 16.3. The Bertz CT molecular complexity index is 926. The van der Waals surface area contributed by atoms with Crippen molar-refractivity contribution in [3.8, 4) is 5.75 Å². The van der Waals surface area contributed by atoms with E-state index in [1.807, 2.05) is 36.5 Å². The molecule has 3 aromatic rings. The van der Waals surface area contributed by atoms with Crippen LogP contribution >= 0.6 is 0 Å². The summed E-state index contributed by atoms with van der Waals surface area (Å²) in [5.74, 6) is 0.912. The Morgan fingerprint density at radius 3 is 2.64 bits per heavy atom. The van der Waals surface area contributed by atoms with Crippen molar-refractivity contribution < 1.29 is 9.53 Å². The summed E-state index contributed by atoms with van der Waals surface area (Å²) >= 11 is 0. The highest BCUT2D eigenvalue weighted by molar-refractivity contribution is 5.88. The molecule has 5 nitrogen and oxygen atoms in total. The number of nitrogens with one attached hydrogen (secondary N) is 2. The van der Waals surface area contributed by atoms with Crippen LogP contribution in [-0.4, -0.2) is 42.5 Å². The fraction of sp³-hybridized carbons (Fsp3) is 0.348. The lowest BCUT2D eigenvalue weighted by molar-refractivity contribution is -0.120. The number of H-pyrrole nitrogens is 1. The minimum Gasteiger partial charge on any atom is -0.497 e. The second-order valence-corrected chi connectivity index (χ2v) is 7.37. The molecule has 2 N–H and O–H groups in total. The van der Waals surface area contributed by atoms with Gasteiger partial charge in [-0.2, -0.15) is 0 Å². The molecule has 1 saturated heterocycles. The van der Waals surface area contributed by atoms with Crippen LogP contribution in [0.1, 0.15) is 30.0 Å². The van der Waals surface area contributed by atoms with Crippen molar-refractivity contribution in [2.75, 3.05) is 26.7 Å². The Labute approximate surface area is 165 Å². The molecule has 1 atom stereocenters. The summed E-state index contributed by atoms with van der Waals surface area (Å²) in [5, 5.41) is 4.28. The van der Waals surface area contributed by atoms with Gasteiger partial charge in [0.2, 0.25) is 5.91 Å². The third-order valence-electron chi connectivity index (χ3n) is 5.60. The minimum atomic E-state index is 0.0578. The number of methoxy groups -OCH3 is 1. The van der Waals surface area contributed by atoms with Crippen LogP contribution < -0.4 is 10.1 Å². The molecule has 0 unspecified atom stereocenters. The monoisotopic (exact) mass is 377 g/mol. The van der Waals surface area contributed by atoms with Gasteiger partial charge in [0.25, 0.3) is 0 Å². The zero-order valence-corrected chi connectivity index (χ0v) is 16.3. The third-order valence-corrected chi connectivity index (χ3v) is 5.60. The maximum atomic E-state index is 12.6. The summed E-state index contributed by atoms with van der Waals surface area (Å²) in [6.45, 7) is 2.78. The van der Waals surface area contributed by atoms with E-state index in [4.69, 9.17) is 4.74 Å². The van der Waals surface area contributed by atoms with Gasteiger partial charge in [0, 0.05) is 23.6 Å². The van der Waals surface area contributed by atoms with Crippen molar-refractivity contribution in [3.05, 3.63) is 65.9 Å². The van der Waals surface area contributed by atoms with Crippen LogP contribution in [0.5, 0.6) is 5.75 Å². The average molecular weight is 377 g/mol. The largest absolute Gasteiger partial charge is 0.497 e. The van der Waals surface area contributed by atoms with Gasteiger partial charge in [-0.15, -0.1) is 0 Å². The van der Waals surface area contributed by atoms with Gasteiger partial charge in [-0.25, -0.2) is 0 Å². The highest BCUT2D eigenvalue weighted by atomic mass is 16.5. The summed E-state index contributed by atoms with van der Waals surface area (Å²) in [6, 6.07) is 16.5. The Morgan fingerprint density at radius 2 is 1.89 bits per heavy atom. The van der Waals surface area contributed by atoms with Crippen LogP contribution in [0.15, 0.2) is 54.7 Å². The van der Waals surface area contributed by atoms with Gasteiger partial charge >= 0.3 is 0 Å². The highest BCUT2D eigenvalue weighted by Gasteiger charge is 2.24. The molecule has 4 rings (SSSR count). The normalized spacial score (nSPS) is 15.6. The standard InChI is InChI=1S/C23H27N3O2/c1-28-19-10-8-17(9-11-19)22(26-12-4-5-13-26)16-25-23(27)14-18-15-24-21-7-3-2-6-20(18)21/h2-3,6-11,15,22,24H,4-5,12-14,16H2,1H3,(H,25,27)/t22-/m1/s1. The summed E-state index contributed by atoms with van der Waals surface area (Å²) < 4.78 is 5.28. The third kappa shape index (κ3) is 4.04. The first kappa shape index (κ1) is 18.6. The lowest BCUT2D eigenvalue weighted by Gasteiger charge is -2.28. The van der Waals surface area contributed by atoms with Crippen LogP contribution in [0.2, 0.25) is 0 Å². The first-order chi connectivity index (χ1) is 13.7. The predicted octanol–water partition coefficient (Wildman–Crippen LogP) is 3.67. The van der Waals surface area contributed by atoms with Crippen LogP contribution in [0.25, 0.3) is 10.9 Å². The van der Waals surface area contributed by atoms with Gasteiger partial charge in [-0.3, -0.25) is 9.69 Å². The second-order valence-electron chi connectivity index (χ2n) is 7.37. The van der Waals surface area contributed by atoms with Crippen LogP contribution in [-0.2, 0) is 11.2 Å². The number of nitrogens with zero attached hydrogens (tertiary/aromatic N) is 1. The molecule has 1 aliphatic heterocycles. The van der Waals surface area contributed by atoms with E-state index in [1.54, 1.807) is 7.11 Å². The van der Waals surface area contributed by atoms with Crippen LogP contribution in [0, 0.1) is 0 Å². The van der Waals surface area contributed by atoms with Gasteiger partial charge < -0.3 is 15.0 Å². The Balaban J connectivity index is 1.43. The molecular weight excluding hydrogens is 350 g/mol. The van der Waals surface area contributed by atoms with Crippen molar-refractivity contribution in [1.29, 1.82) is 0 Å². The molecule has 0 spiro atoms. The van der Waals surface area contributed by atoms with E-state index in [0.717, 1.165) is 35.3 Å². The first-order valence-electron chi connectivity index (χ1n) is 9.94. The molecule has 0 radical (unpaired) electrons. The number of carbonyl (C=O) groups is 1. The lowest BCUT2D eigenvalue weighted by Crippen LogP contribution is -2.37. The Morgan fingerprint density at radius 1 is 1.14 bits per heavy atom. The van der Waals surface area contributed by atoms with E-state index in [1.165, 1.54) is 18.4 Å². The molecule has 1 aliphatic rings. The van der Waals surface area contributed by atoms with E-state index >= 15 is 0 Å². The average Bonchev–Trinajstić information content (AvgIpc) is 3.40. The maximum absolute atomic E-state index is 12.6. The minimum absolute atomic E-state index is 0.0578. The molecule has 1 aromatic heterocycles. The van der Waals surface area contributed by atoms with E-state index in [0.29, 0.717) is 13.0 Å². The molecule has 1 fully saturated rings. The molecule has 0 aliphatic carbocycles. The SMILES string of the molecule is COc1ccc([C@@H](CNC(=O)Cc2c[nH]c3ccccc23)N2CCCC2)cc1. The molecular formula is C23H27N3O2. The van der Waals surface area contributed by atoms with Crippen molar-refractivity contribution in [2.45, 2.75) is 25.3 Å². The number of hydrogen-bond acceptors (Lipinski definition) is 3. The van der Waals surface area contributed by atoms with E-state index in [2.05, 4.69) is 33.4 Å². The van der Waals surface area contributed by atoms with Gasteiger partial charge in [0.1, 0.15) is 5.75 Å². The number of likely N-dealkylation sites (tertiary alicyclic amines) is 1. The quantitative estimate of drug-likeness (QED) is 0.660. The second kappa shape index (κ2) is 8.48. The number of para-hydroxylation sites is 1. The maximum Gasteiger partial charge on any atom is 0.224 e. The fourth-order valence-corrected chi connectivity index (χ4v) is 4.06. The van der Waals surface area contributed by atoms with Crippen LogP contribution in [0.3, 0.4) is 0 Å². The summed E-state index contributed by atoms with van der Waals surface area (Å²) in [4.78, 5) is 18.3. The number of benzene rings is 2. The van der Waals surface area contributed by atoms with Crippen molar-refractivity contribution >= 4 is 16.8 Å². The zero-order chi connectivity index (χ0) is 19.3. The lowest BCUT2D eigenvalue weighted by atomic mass is 10.0. The van der Waals surface area contributed by atoms with Gasteiger partial charge in [-0.1, -0.05) is 30.3 Å². The van der Waals surface area contributed by atoms with Gasteiger partial charge in [0.15, 0.2) is 0 Å². The van der Waals surface area contributed by atoms with E-state index in [-0.39, 0.29) is 11.9 Å². The molecule has 2 aromatic carbocycles. The molecule has 5 heteroatoms. The molecule has 28 heavy (non-hydrogen) atoms. The van der Waals surface area contributed by atoms with Crippen molar-refractivity contribution in [2.24, 2.45) is 0 Å². The molecule has 146 valence electrons. The Kier molecular flexibility index (Phi) is 5.63. The van der Waals surface area contributed by atoms with Crippen LogP contribution in [0.4, 0.5) is 0 Å². The van der Waals surface area contributed by atoms with Crippen molar-refractivity contribution in [1.82, 2.24) is 15.2 Å². The Hall–Kier alpha value is -2.79. The summed E-state index contributed by atoms with van der Waals surface area (Å²) in [5.41, 5.74) is 3.32. The van der Waals surface area contributed by atoms with E-state index in [9.17, 15) is 4.79 Å². The number of rotatable bonds is 7. The molecule has 1 amide bonds. The predicted molar refractivity (Wildman–Crippen MR) is 112 cm³/mol. The number of carbonyl (C=O) groups excluding carboxylic acids is 1. The number of aromatic amines is 1. The molecule has 0 bridgehead atoms. The highest BCUT2D eigenvalue weighted by Crippen LogP contribution is 2.26. The summed E-state index contributed by atoms with van der Waals surface area (Å²) in [7, 11) is 1.68. The number of hydrogen-bond donors (Lipinski definition) is 2. The number of ether oxygens (including phenoxy) is 1. The first-order valence-corrected chi connectivity index (χ1v) is 9.94.